The molecule has 0 saturated carbocycles. The number of pyridine rings is 1. The van der Waals surface area contributed by atoms with Gasteiger partial charge in [-0.15, -0.1) is 0 Å². The van der Waals surface area contributed by atoms with Crippen molar-refractivity contribution in [3.63, 3.8) is 0 Å². The maximum atomic E-state index is 12.0. The van der Waals surface area contributed by atoms with Crippen molar-refractivity contribution < 1.29 is 23.9 Å². The number of hydrogen-bond acceptors (Lipinski definition) is 8. The summed E-state index contributed by atoms with van der Waals surface area (Å²) in [6, 6.07) is 12.5. The van der Waals surface area contributed by atoms with Crippen LogP contribution in [-0.4, -0.2) is 43.7 Å². The van der Waals surface area contributed by atoms with E-state index in [9.17, 15) is 4.79 Å². The summed E-state index contributed by atoms with van der Waals surface area (Å²) in [6.07, 6.45) is 0. The number of rotatable bonds is 8. The fourth-order valence-electron chi connectivity index (χ4n) is 2.29. The number of hydrogen-bond donors (Lipinski definition) is 0. The Morgan fingerprint density at radius 2 is 1.74 bits per heavy atom. The summed E-state index contributed by atoms with van der Waals surface area (Å²) in [7, 11) is 4.12. The quantitative estimate of drug-likeness (QED) is 0.402. The van der Waals surface area contributed by atoms with E-state index in [0.29, 0.717) is 22.8 Å². The number of nitrogens with zero attached hydrogens (tertiary/aromatic N) is 3. The average molecular weight is 371 g/mol. The van der Waals surface area contributed by atoms with Gasteiger partial charge in [-0.3, -0.25) is 0 Å². The van der Waals surface area contributed by atoms with E-state index in [1.54, 1.807) is 31.2 Å². The van der Waals surface area contributed by atoms with Crippen LogP contribution in [0.3, 0.4) is 0 Å². The number of carbonyl (C=O) groups is 1. The molecule has 0 amide bonds. The molecule has 1 aromatic carbocycles. The zero-order valence-corrected chi connectivity index (χ0v) is 15.6. The van der Waals surface area contributed by atoms with Crippen LogP contribution in [0, 0.1) is 0 Å². The lowest BCUT2D eigenvalue weighted by Gasteiger charge is -2.11. The second kappa shape index (κ2) is 9.91. The van der Waals surface area contributed by atoms with Crippen LogP contribution < -0.4 is 4.74 Å². The van der Waals surface area contributed by atoms with Crippen LogP contribution in [0.4, 0.5) is 0 Å². The summed E-state index contributed by atoms with van der Waals surface area (Å²) in [5.41, 5.74) is 2.61. The van der Waals surface area contributed by atoms with E-state index in [0.717, 1.165) is 5.56 Å². The topological polar surface area (TPSA) is 91.6 Å². The van der Waals surface area contributed by atoms with Crippen molar-refractivity contribution in [1.29, 1.82) is 0 Å². The third-order valence-corrected chi connectivity index (χ3v) is 3.53. The van der Waals surface area contributed by atoms with Crippen molar-refractivity contribution in [3.8, 4) is 5.88 Å². The molecule has 0 aliphatic rings. The molecule has 0 aliphatic heterocycles. The monoisotopic (exact) mass is 371 g/mol. The summed E-state index contributed by atoms with van der Waals surface area (Å²) in [5.74, 6) is -0.188. The van der Waals surface area contributed by atoms with Gasteiger partial charge in [0.2, 0.25) is 5.88 Å². The molecular formula is C19H21N3O5. The smallest absolute Gasteiger partial charge is 0.360 e. The van der Waals surface area contributed by atoms with E-state index in [1.165, 1.54) is 21.3 Å². The van der Waals surface area contributed by atoms with Gasteiger partial charge in [-0.25, -0.2) is 9.78 Å². The molecule has 2 aromatic rings. The summed E-state index contributed by atoms with van der Waals surface area (Å²) in [4.78, 5) is 25.9. The first-order chi connectivity index (χ1) is 13.1. The zero-order valence-electron chi connectivity index (χ0n) is 15.6. The molecule has 0 bridgehead atoms. The molecule has 0 unspecified atom stereocenters. The van der Waals surface area contributed by atoms with Gasteiger partial charge in [-0.1, -0.05) is 40.6 Å². The largest absolute Gasteiger partial charge is 0.473 e. The number of esters is 1. The van der Waals surface area contributed by atoms with Gasteiger partial charge in [0.1, 0.15) is 26.5 Å². The first kappa shape index (κ1) is 19.9. The Kier molecular flexibility index (Phi) is 7.30. The molecule has 0 saturated heterocycles. The number of aromatic nitrogens is 1. The minimum atomic E-state index is -0.601. The SMILES string of the molecule is CON=C(C)c1cccc(OCc2ccccc2C(=NOC)C(=O)OC)n1. The Hall–Kier alpha value is -3.42. The molecule has 27 heavy (non-hydrogen) atoms. The van der Waals surface area contributed by atoms with Gasteiger partial charge in [0.25, 0.3) is 0 Å². The maximum Gasteiger partial charge on any atom is 0.360 e. The number of methoxy groups -OCH3 is 1. The Bertz CT molecular complexity index is 849. The molecule has 0 radical (unpaired) electrons. The average Bonchev–Trinajstić information content (AvgIpc) is 2.70. The van der Waals surface area contributed by atoms with Crippen LogP contribution in [0.15, 0.2) is 52.8 Å². The normalized spacial score (nSPS) is 11.7. The van der Waals surface area contributed by atoms with E-state index in [1.807, 2.05) is 18.2 Å². The van der Waals surface area contributed by atoms with Crippen LogP contribution in [0.5, 0.6) is 5.88 Å². The highest BCUT2D eigenvalue weighted by Crippen LogP contribution is 2.16. The summed E-state index contributed by atoms with van der Waals surface area (Å²) >= 11 is 0. The molecule has 0 spiro atoms. The van der Waals surface area contributed by atoms with E-state index in [4.69, 9.17) is 19.1 Å². The maximum absolute atomic E-state index is 12.0. The van der Waals surface area contributed by atoms with Crippen LogP contribution in [-0.2, 0) is 25.8 Å². The molecular weight excluding hydrogens is 350 g/mol. The van der Waals surface area contributed by atoms with Crippen LogP contribution in [0.25, 0.3) is 0 Å². The minimum Gasteiger partial charge on any atom is -0.473 e. The second-order valence-corrected chi connectivity index (χ2v) is 5.28. The van der Waals surface area contributed by atoms with Crippen molar-refractivity contribution in [3.05, 3.63) is 59.3 Å². The highest BCUT2D eigenvalue weighted by atomic mass is 16.6. The Morgan fingerprint density at radius 1 is 1.00 bits per heavy atom. The predicted molar refractivity (Wildman–Crippen MR) is 99.8 cm³/mol. The van der Waals surface area contributed by atoms with Crippen LogP contribution in [0.1, 0.15) is 23.7 Å². The molecule has 0 aliphatic carbocycles. The van der Waals surface area contributed by atoms with E-state index < -0.39 is 5.97 Å². The predicted octanol–water partition coefficient (Wildman–Crippen LogP) is 2.55. The second-order valence-electron chi connectivity index (χ2n) is 5.28. The minimum absolute atomic E-state index is 0.0592. The molecule has 0 fully saturated rings. The first-order valence-electron chi connectivity index (χ1n) is 8.06. The Morgan fingerprint density at radius 3 is 2.44 bits per heavy atom. The fraction of sp³-hybridized carbons (Fsp3) is 0.263. The zero-order chi connectivity index (χ0) is 19.6. The van der Waals surface area contributed by atoms with Crippen LogP contribution in [0.2, 0.25) is 0 Å². The van der Waals surface area contributed by atoms with E-state index >= 15 is 0 Å². The van der Waals surface area contributed by atoms with Gasteiger partial charge in [-0.2, -0.15) is 0 Å². The fourth-order valence-corrected chi connectivity index (χ4v) is 2.29. The Balaban J connectivity index is 2.25. The molecule has 8 heteroatoms. The van der Waals surface area contributed by atoms with Gasteiger partial charge < -0.3 is 19.1 Å². The summed E-state index contributed by atoms with van der Waals surface area (Å²) in [5, 5.41) is 7.64. The molecule has 0 atom stereocenters. The molecule has 1 heterocycles. The third-order valence-electron chi connectivity index (χ3n) is 3.53. The third kappa shape index (κ3) is 5.27. The van der Waals surface area contributed by atoms with Crippen molar-refractivity contribution >= 4 is 17.4 Å². The van der Waals surface area contributed by atoms with Gasteiger partial charge in [-0.05, 0) is 18.6 Å². The lowest BCUT2D eigenvalue weighted by atomic mass is 10.0. The van der Waals surface area contributed by atoms with Crippen molar-refractivity contribution in [1.82, 2.24) is 4.98 Å². The van der Waals surface area contributed by atoms with Gasteiger partial charge in [0.05, 0.1) is 12.8 Å². The first-order valence-corrected chi connectivity index (χ1v) is 8.06. The van der Waals surface area contributed by atoms with Crippen molar-refractivity contribution in [2.24, 2.45) is 10.3 Å². The number of carbonyl (C=O) groups excluding carboxylic acids is 1. The molecule has 142 valence electrons. The van der Waals surface area contributed by atoms with Gasteiger partial charge >= 0.3 is 5.97 Å². The molecule has 8 nitrogen and oxygen atoms in total. The summed E-state index contributed by atoms with van der Waals surface area (Å²) < 4.78 is 10.6. The van der Waals surface area contributed by atoms with Gasteiger partial charge in [0.15, 0.2) is 5.71 Å². The number of oxime groups is 2. The van der Waals surface area contributed by atoms with E-state index in [2.05, 4.69) is 15.3 Å². The van der Waals surface area contributed by atoms with Gasteiger partial charge in [0, 0.05) is 11.6 Å². The number of benzene rings is 1. The molecule has 2 rings (SSSR count). The van der Waals surface area contributed by atoms with Crippen molar-refractivity contribution in [2.45, 2.75) is 13.5 Å². The Labute approximate surface area is 157 Å². The molecule has 0 N–H and O–H groups in total. The van der Waals surface area contributed by atoms with Crippen molar-refractivity contribution in [2.75, 3.05) is 21.3 Å². The lowest BCUT2D eigenvalue weighted by Crippen LogP contribution is -2.20. The lowest BCUT2D eigenvalue weighted by molar-refractivity contribution is -0.132. The highest BCUT2D eigenvalue weighted by molar-refractivity contribution is 6.43. The standard InChI is InChI=1S/C19H21N3O5/c1-13(21-25-3)16-10-7-11-17(20-16)27-12-14-8-5-6-9-15(14)18(22-26-4)19(23)24-2/h5-11H,12H2,1-4H3. The van der Waals surface area contributed by atoms with E-state index in [-0.39, 0.29) is 12.3 Å². The van der Waals surface area contributed by atoms with Crippen LogP contribution >= 0.6 is 0 Å². The number of ether oxygens (including phenoxy) is 2. The summed E-state index contributed by atoms with van der Waals surface area (Å²) in [6.45, 7) is 1.96. The highest BCUT2D eigenvalue weighted by Gasteiger charge is 2.19. The molecule has 1 aromatic heterocycles.